The number of hydrogen-bond donors (Lipinski definition) is 3. The first kappa shape index (κ1) is 14.3. The lowest BCUT2D eigenvalue weighted by atomic mass is 10.0. The van der Waals surface area contributed by atoms with Crippen molar-refractivity contribution in [1.82, 2.24) is 5.32 Å². The molecular weight excluding hydrogens is 258 g/mol. The van der Waals surface area contributed by atoms with Crippen molar-refractivity contribution in [1.29, 1.82) is 0 Å². The number of anilines is 1. The van der Waals surface area contributed by atoms with Gasteiger partial charge >= 0.3 is 0 Å². The molecule has 1 aromatic carbocycles. The molecule has 108 valence electrons. The van der Waals surface area contributed by atoms with Crippen LogP contribution in [0.3, 0.4) is 0 Å². The molecular formula is C14H19N3O3. The molecule has 1 aliphatic rings. The van der Waals surface area contributed by atoms with Crippen molar-refractivity contribution in [2.75, 3.05) is 19.0 Å². The van der Waals surface area contributed by atoms with Gasteiger partial charge in [-0.3, -0.25) is 9.59 Å². The number of benzene rings is 1. The van der Waals surface area contributed by atoms with E-state index in [4.69, 9.17) is 10.5 Å². The summed E-state index contributed by atoms with van der Waals surface area (Å²) in [5, 5.41) is 5.67. The van der Waals surface area contributed by atoms with Crippen LogP contribution in [0.25, 0.3) is 0 Å². The van der Waals surface area contributed by atoms with Crippen LogP contribution in [-0.2, 0) is 16.0 Å². The molecule has 0 radical (unpaired) electrons. The topological polar surface area (TPSA) is 93.4 Å². The van der Waals surface area contributed by atoms with Gasteiger partial charge in [0.25, 0.3) is 0 Å². The predicted molar refractivity (Wildman–Crippen MR) is 75.5 cm³/mol. The van der Waals surface area contributed by atoms with Gasteiger partial charge in [-0.15, -0.1) is 0 Å². The second-order valence-corrected chi connectivity index (χ2v) is 5.10. The standard InChI is InChI=1S/C14H19N3O3/c1-14(16-2,13(15)19)8-20-10-4-5-11-9(7-10)3-6-12(18)17-11/h4-5,7,16H,3,6,8H2,1-2H3,(H2,15,19)(H,17,18). The molecule has 1 aliphatic heterocycles. The number of carbonyl (C=O) groups is 2. The molecule has 1 atom stereocenters. The summed E-state index contributed by atoms with van der Waals surface area (Å²) in [4.78, 5) is 22.7. The summed E-state index contributed by atoms with van der Waals surface area (Å²) in [5.41, 5.74) is 6.28. The van der Waals surface area contributed by atoms with Gasteiger partial charge in [0.15, 0.2) is 0 Å². The normalized spacial score (nSPS) is 16.8. The molecule has 0 fully saturated rings. The number of carbonyl (C=O) groups excluding carboxylic acids is 2. The van der Waals surface area contributed by atoms with Gasteiger partial charge in [0, 0.05) is 12.1 Å². The molecule has 0 bridgehead atoms. The van der Waals surface area contributed by atoms with E-state index in [1.165, 1.54) is 0 Å². The van der Waals surface area contributed by atoms with Gasteiger partial charge < -0.3 is 21.1 Å². The highest BCUT2D eigenvalue weighted by molar-refractivity contribution is 5.94. The molecule has 2 amide bonds. The summed E-state index contributed by atoms with van der Waals surface area (Å²) in [6, 6.07) is 5.45. The monoisotopic (exact) mass is 277 g/mol. The molecule has 0 saturated carbocycles. The zero-order chi connectivity index (χ0) is 14.8. The molecule has 1 unspecified atom stereocenters. The van der Waals surface area contributed by atoms with Gasteiger partial charge in [0.2, 0.25) is 11.8 Å². The Bertz CT molecular complexity index is 544. The first-order valence-electron chi connectivity index (χ1n) is 6.49. The van der Waals surface area contributed by atoms with E-state index >= 15 is 0 Å². The summed E-state index contributed by atoms with van der Waals surface area (Å²) in [7, 11) is 1.66. The smallest absolute Gasteiger partial charge is 0.240 e. The van der Waals surface area contributed by atoms with Crippen molar-refractivity contribution in [2.24, 2.45) is 5.73 Å². The van der Waals surface area contributed by atoms with Crippen molar-refractivity contribution in [2.45, 2.75) is 25.3 Å². The molecule has 2 rings (SSSR count). The van der Waals surface area contributed by atoms with Crippen LogP contribution in [0.2, 0.25) is 0 Å². The highest BCUT2D eigenvalue weighted by Crippen LogP contribution is 2.27. The number of aryl methyl sites for hydroxylation is 1. The van der Waals surface area contributed by atoms with Gasteiger partial charge in [0.1, 0.15) is 17.9 Å². The Balaban J connectivity index is 2.08. The average Bonchev–Trinajstić information content (AvgIpc) is 2.44. The Morgan fingerprint density at radius 1 is 1.50 bits per heavy atom. The number of primary amides is 1. The van der Waals surface area contributed by atoms with E-state index in [0.717, 1.165) is 11.3 Å². The molecule has 4 N–H and O–H groups in total. The highest BCUT2D eigenvalue weighted by Gasteiger charge is 2.30. The quantitative estimate of drug-likeness (QED) is 0.727. The van der Waals surface area contributed by atoms with Gasteiger partial charge in [-0.2, -0.15) is 0 Å². The lowest BCUT2D eigenvalue weighted by Gasteiger charge is -2.26. The van der Waals surface area contributed by atoms with Gasteiger partial charge in [-0.05, 0) is 44.2 Å². The molecule has 0 aromatic heterocycles. The van der Waals surface area contributed by atoms with Crippen molar-refractivity contribution in [3.63, 3.8) is 0 Å². The maximum Gasteiger partial charge on any atom is 0.240 e. The number of fused-ring (bicyclic) bond motifs is 1. The lowest BCUT2D eigenvalue weighted by molar-refractivity contribution is -0.124. The van der Waals surface area contributed by atoms with Crippen molar-refractivity contribution >= 4 is 17.5 Å². The second kappa shape index (κ2) is 5.50. The summed E-state index contributed by atoms with van der Waals surface area (Å²) < 4.78 is 5.64. The molecule has 6 heteroatoms. The van der Waals surface area contributed by atoms with Gasteiger partial charge in [-0.25, -0.2) is 0 Å². The Kier molecular flexibility index (Phi) is 3.94. The Hall–Kier alpha value is -2.08. The number of rotatable bonds is 5. The number of hydrogen-bond acceptors (Lipinski definition) is 4. The molecule has 0 aliphatic carbocycles. The van der Waals surface area contributed by atoms with E-state index < -0.39 is 11.4 Å². The second-order valence-electron chi connectivity index (χ2n) is 5.10. The van der Waals surface area contributed by atoms with Crippen LogP contribution < -0.4 is 21.1 Å². The number of ether oxygens (including phenoxy) is 1. The zero-order valence-corrected chi connectivity index (χ0v) is 11.7. The third-order valence-electron chi connectivity index (χ3n) is 3.60. The number of amides is 2. The van der Waals surface area contributed by atoms with E-state index in [1.54, 1.807) is 20.0 Å². The van der Waals surface area contributed by atoms with E-state index in [1.807, 2.05) is 12.1 Å². The third-order valence-corrected chi connectivity index (χ3v) is 3.60. The van der Waals surface area contributed by atoms with Crippen molar-refractivity contribution in [3.05, 3.63) is 23.8 Å². The van der Waals surface area contributed by atoms with Crippen LogP contribution in [0.15, 0.2) is 18.2 Å². The van der Waals surface area contributed by atoms with E-state index in [-0.39, 0.29) is 12.5 Å². The van der Waals surface area contributed by atoms with Crippen LogP contribution in [-0.4, -0.2) is 31.0 Å². The molecule has 0 spiro atoms. The first-order chi connectivity index (χ1) is 9.44. The molecule has 6 nitrogen and oxygen atoms in total. The Morgan fingerprint density at radius 3 is 2.90 bits per heavy atom. The number of nitrogens with two attached hydrogens (primary N) is 1. The SMILES string of the molecule is CNC(C)(COc1ccc2c(c1)CCC(=O)N2)C(N)=O. The predicted octanol–water partition coefficient (Wildman–Crippen LogP) is 0.413. The minimum Gasteiger partial charge on any atom is -0.491 e. The lowest BCUT2D eigenvalue weighted by Crippen LogP contribution is -2.55. The minimum atomic E-state index is -0.913. The molecule has 1 heterocycles. The summed E-state index contributed by atoms with van der Waals surface area (Å²) in [5.74, 6) is 0.218. The summed E-state index contributed by atoms with van der Waals surface area (Å²) in [6.45, 7) is 1.83. The fourth-order valence-corrected chi connectivity index (χ4v) is 1.94. The zero-order valence-electron chi connectivity index (χ0n) is 11.7. The fourth-order valence-electron chi connectivity index (χ4n) is 1.94. The van der Waals surface area contributed by atoms with E-state index in [0.29, 0.717) is 18.6 Å². The van der Waals surface area contributed by atoms with Gasteiger partial charge in [0.05, 0.1) is 0 Å². The molecule has 0 saturated heterocycles. The Labute approximate surface area is 117 Å². The Morgan fingerprint density at radius 2 is 2.25 bits per heavy atom. The van der Waals surface area contributed by atoms with Crippen molar-refractivity contribution < 1.29 is 14.3 Å². The molecule has 1 aromatic rings. The number of nitrogens with one attached hydrogen (secondary N) is 2. The third kappa shape index (κ3) is 2.91. The van der Waals surface area contributed by atoms with Crippen LogP contribution >= 0.6 is 0 Å². The number of likely N-dealkylation sites (N-methyl/N-ethyl adjacent to an activating group) is 1. The maximum absolute atomic E-state index is 11.4. The van der Waals surface area contributed by atoms with Crippen LogP contribution in [0.4, 0.5) is 5.69 Å². The maximum atomic E-state index is 11.4. The first-order valence-corrected chi connectivity index (χ1v) is 6.49. The van der Waals surface area contributed by atoms with E-state index in [2.05, 4.69) is 10.6 Å². The average molecular weight is 277 g/mol. The van der Waals surface area contributed by atoms with Crippen LogP contribution in [0.5, 0.6) is 5.75 Å². The molecule has 20 heavy (non-hydrogen) atoms. The van der Waals surface area contributed by atoms with Gasteiger partial charge in [-0.1, -0.05) is 0 Å². The highest BCUT2D eigenvalue weighted by atomic mass is 16.5. The largest absolute Gasteiger partial charge is 0.491 e. The van der Waals surface area contributed by atoms with E-state index in [9.17, 15) is 9.59 Å². The van der Waals surface area contributed by atoms with Crippen molar-refractivity contribution in [3.8, 4) is 5.75 Å². The fraction of sp³-hybridized carbons (Fsp3) is 0.429. The summed E-state index contributed by atoms with van der Waals surface area (Å²) in [6.07, 6.45) is 1.17. The van der Waals surface area contributed by atoms with Crippen LogP contribution in [0.1, 0.15) is 18.9 Å². The summed E-state index contributed by atoms with van der Waals surface area (Å²) >= 11 is 0. The van der Waals surface area contributed by atoms with Crippen LogP contribution in [0, 0.1) is 0 Å². The minimum absolute atomic E-state index is 0.0302.